The molecule has 0 aliphatic rings. The van der Waals surface area contributed by atoms with E-state index in [0.717, 1.165) is 3.14 Å². The van der Waals surface area contributed by atoms with Crippen LogP contribution in [0.1, 0.15) is 26.7 Å². The molecule has 0 nitrogen and oxygen atoms in total. The maximum atomic E-state index is 5.23. The molecule has 80 valence electrons. The summed E-state index contributed by atoms with van der Waals surface area (Å²) in [6.45, 7) is 4.44. The molecule has 0 aliphatic carbocycles. The first-order valence-electron chi connectivity index (χ1n) is 4.67. The van der Waals surface area contributed by atoms with Gasteiger partial charge >= 0.3 is 0 Å². The minimum Gasteiger partial charge on any atom is -0.113 e. The highest BCUT2D eigenvalue weighted by Crippen LogP contribution is 2.40. The predicted octanol–water partition coefficient (Wildman–Crippen LogP) is 5.54. The summed E-state index contributed by atoms with van der Waals surface area (Å²) in [5.74, 6) is 2.42. The second-order valence-corrected chi connectivity index (χ2v) is 8.68. The lowest BCUT2D eigenvalue weighted by molar-refractivity contribution is 1.10. The van der Waals surface area contributed by atoms with Crippen molar-refractivity contribution < 1.29 is 0 Å². The van der Waals surface area contributed by atoms with Gasteiger partial charge in [-0.1, -0.05) is 26.1 Å². The van der Waals surface area contributed by atoms with Gasteiger partial charge in [-0.15, -0.1) is 46.2 Å². The molecule has 0 amide bonds. The van der Waals surface area contributed by atoms with E-state index in [0.29, 0.717) is 0 Å². The lowest BCUT2D eigenvalue weighted by atomic mass is 10.6. The second-order valence-electron chi connectivity index (χ2n) is 2.73. The summed E-state index contributed by atoms with van der Waals surface area (Å²) in [4.78, 5) is 0. The van der Waals surface area contributed by atoms with E-state index in [1.54, 1.807) is 22.7 Å². The molecular formula is C9H14S5. The van der Waals surface area contributed by atoms with Crippen LogP contribution in [0.5, 0.6) is 0 Å². The zero-order valence-corrected chi connectivity index (χ0v) is 12.5. The van der Waals surface area contributed by atoms with Crippen LogP contribution in [0, 0.1) is 3.14 Å². The fourth-order valence-electron chi connectivity index (χ4n) is 0.822. The zero-order chi connectivity index (χ0) is 10.4. The van der Waals surface area contributed by atoms with Crippen LogP contribution in [0.4, 0.5) is 0 Å². The summed E-state index contributed by atoms with van der Waals surface area (Å²) in [5, 5.41) is 0. The fourth-order valence-corrected chi connectivity index (χ4v) is 6.78. The van der Waals surface area contributed by atoms with E-state index in [1.807, 2.05) is 23.5 Å². The Morgan fingerprint density at radius 2 is 1.43 bits per heavy atom. The van der Waals surface area contributed by atoms with Crippen LogP contribution in [0.25, 0.3) is 0 Å². The summed E-state index contributed by atoms with van der Waals surface area (Å²) in [7, 11) is 0. The summed E-state index contributed by atoms with van der Waals surface area (Å²) < 4.78 is 3.96. The van der Waals surface area contributed by atoms with Crippen molar-refractivity contribution in [3.05, 3.63) is 3.14 Å². The highest BCUT2D eigenvalue weighted by atomic mass is 32.2. The largest absolute Gasteiger partial charge is 0.145 e. The summed E-state index contributed by atoms with van der Waals surface area (Å²) >= 11 is 12.7. The number of hydrogen-bond donors (Lipinski definition) is 0. The van der Waals surface area contributed by atoms with E-state index in [9.17, 15) is 0 Å². The van der Waals surface area contributed by atoms with Crippen LogP contribution in [-0.4, -0.2) is 11.5 Å². The number of hydrogen-bond acceptors (Lipinski definition) is 5. The Kier molecular flexibility index (Phi) is 6.78. The van der Waals surface area contributed by atoms with Crippen molar-refractivity contribution in [3.63, 3.8) is 0 Å². The Morgan fingerprint density at radius 3 is 1.79 bits per heavy atom. The van der Waals surface area contributed by atoms with Crippen LogP contribution < -0.4 is 0 Å². The Hall–Kier alpha value is 0.970. The summed E-state index contributed by atoms with van der Waals surface area (Å²) in [6, 6.07) is 0. The lowest BCUT2D eigenvalue weighted by Gasteiger charge is -1.99. The molecule has 0 saturated heterocycles. The van der Waals surface area contributed by atoms with Crippen molar-refractivity contribution >= 4 is 58.4 Å². The van der Waals surface area contributed by atoms with Crippen molar-refractivity contribution in [1.82, 2.24) is 0 Å². The third-order valence-electron chi connectivity index (χ3n) is 1.39. The normalized spacial score (nSPS) is 10.7. The first kappa shape index (κ1) is 13.0. The van der Waals surface area contributed by atoms with Gasteiger partial charge in [-0.3, -0.25) is 0 Å². The monoisotopic (exact) mass is 282 g/mol. The van der Waals surface area contributed by atoms with Crippen molar-refractivity contribution in [1.29, 1.82) is 0 Å². The molecule has 1 aromatic rings. The average molecular weight is 283 g/mol. The molecule has 0 spiro atoms. The molecule has 1 rings (SSSR count). The SMILES string of the molecule is CCCSc1sc(=S)sc1SCCC. The molecule has 5 heteroatoms. The van der Waals surface area contributed by atoms with Crippen molar-refractivity contribution in [2.24, 2.45) is 0 Å². The third-order valence-corrected chi connectivity index (χ3v) is 7.39. The quantitative estimate of drug-likeness (QED) is 0.496. The number of rotatable bonds is 6. The molecule has 1 heterocycles. The van der Waals surface area contributed by atoms with Crippen LogP contribution in [0.3, 0.4) is 0 Å². The van der Waals surface area contributed by atoms with Crippen molar-refractivity contribution in [2.75, 3.05) is 11.5 Å². The van der Waals surface area contributed by atoms with Gasteiger partial charge in [0, 0.05) is 0 Å². The van der Waals surface area contributed by atoms with E-state index >= 15 is 0 Å². The standard InChI is InChI=1S/C9H14S5/c1-3-5-11-7-8(12-6-4-2)14-9(10)13-7/h3-6H2,1-2H3. The molecule has 0 aromatic carbocycles. The average Bonchev–Trinajstić information content (AvgIpc) is 2.52. The molecule has 0 aliphatic heterocycles. The van der Waals surface area contributed by atoms with Gasteiger partial charge in [0.2, 0.25) is 0 Å². The Morgan fingerprint density at radius 1 is 1.00 bits per heavy atom. The van der Waals surface area contributed by atoms with E-state index < -0.39 is 0 Å². The van der Waals surface area contributed by atoms with E-state index in [1.165, 1.54) is 32.8 Å². The topological polar surface area (TPSA) is 0 Å². The first-order chi connectivity index (χ1) is 6.77. The van der Waals surface area contributed by atoms with Gasteiger partial charge in [0.25, 0.3) is 0 Å². The smallest absolute Gasteiger partial charge is 0.113 e. The number of thioether (sulfide) groups is 2. The van der Waals surface area contributed by atoms with Gasteiger partial charge in [-0.2, -0.15) is 0 Å². The minimum atomic E-state index is 1.07. The van der Waals surface area contributed by atoms with Gasteiger partial charge in [0.1, 0.15) is 3.14 Å². The van der Waals surface area contributed by atoms with Crippen molar-refractivity contribution in [2.45, 2.75) is 35.1 Å². The highest BCUT2D eigenvalue weighted by molar-refractivity contribution is 8.05. The zero-order valence-electron chi connectivity index (χ0n) is 8.37. The maximum Gasteiger partial charge on any atom is 0.145 e. The van der Waals surface area contributed by atoms with Gasteiger partial charge in [0.15, 0.2) is 0 Å². The predicted molar refractivity (Wildman–Crippen MR) is 75.1 cm³/mol. The van der Waals surface area contributed by atoms with Crippen molar-refractivity contribution in [3.8, 4) is 0 Å². The molecule has 0 radical (unpaired) electrons. The van der Waals surface area contributed by atoms with Gasteiger partial charge in [-0.25, -0.2) is 0 Å². The van der Waals surface area contributed by atoms with Gasteiger partial charge < -0.3 is 0 Å². The molecule has 0 atom stereocenters. The van der Waals surface area contributed by atoms with Crippen LogP contribution in [0.15, 0.2) is 8.42 Å². The fraction of sp³-hybridized carbons (Fsp3) is 0.667. The lowest BCUT2D eigenvalue weighted by Crippen LogP contribution is -1.75. The van der Waals surface area contributed by atoms with Crippen LogP contribution >= 0.6 is 58.4 Å². The Labute approximate surface area is 108 Å². The molecule has 0 bridgehead atoms. The van der Waals surface area contributed by atoms with E-state index in [4.69, 9.17) is 12.2 Å². The van der Waals surface area contributed by atoms with Gasteiger partial charge in [0.05, 0.1) is 8.42 Å². The van der Waals surface area contributed by atoms with Crippen LogP contribution in [0.2, 0.25) is 0 Å². The summed E-state index contributed by atoms with van der Waals surface area (Å²) in [5.41, 5.74) is 0. The molecule has 1 aromatic heterocycles. The molecule has 0 N–H and O–H groups in total. The maximum absolute atomic E-state index is 5.23. The summed E-state index contributed by atoms with van der Waals surface area (Å²) in [6.07, 6.45) is 2.47. The Balaban J connectivity index is 2.64. The molecule has 0 unspecified atom stereocenters. The van der Waals surface area contributed by atoms with E-state index in [-0.39, 0.29) is 0 Å². The van der Waals surface area contributed by atoms with Crippen LogP contribution in [-0.2, 0) is 0 Å². The second kappa shape index (κ2) is 7.28. The van der Waals surface area contributed by atoms with E-state index in [2.05, 4.69) is 13.8 Å². The Bertz CT molecular complexity index is 283. The third kappa shape index (κ3) is 4.23. The minimum absolute atomic E-state index is 1.07. The first-order valence-corrected chi connectivity index (χ1v) is 8.68. The van der Waals surface area contributed by atoms with Gasteiger partial charge in [-0.05, 0) is 24.3 Å². The molecular weight excluding hydrogens is 268 g/mol. The molecule has 0 saturated carbocycles. The molecule has 0 fully saturated rings. The molecule has 14 heavy (non-hydrogen) atoms. The highest BCUT2D eigenvalue weighted by Gasteiger charge is 2.07.